The van der Waals surface area contributed by atoms with Gasteiger partial charge in [-0.05, 0) is 24.6 Å². The number of amides is 1. The van der Waals surface area contributed by atoms with Crippen LogP contribution in [0.4, 0.5) is 0 Å². The van der Waals surface area contributed by atoms with Gasteiger partial charge in [-0.1, -0.05) is 6.07 Å². The maximum absolute atomic E-state index is 12.1. The minimum absolute atomic E-state index is 0. The van der Waals surface area contributed by atoms with E-state index in [9.17, 15) is 4.79 Å². The van der Waals surface area contributed by atoms with E-state index in [4.69, 9.17) is 9.47 Å². The molecule has 2 N–H and O–H groups in total. The third-order valence-corrected chi connectivity index (χ3v) is 4.24. The predicted octanol–water partition coefficient (Wildman–Crippen LogP) is 1.97. The molecule has 7 heteroatoms. The van der Waals surface area contributed by atoms with Crippen molar-refractivity contribution in [3.05, 3.63) is 23.8 Å². The summed E-state index contributed by atoms with van der Waals surface area (Å²) in [6.07, 6.45) is 0. The van der Waals surface area contributed by atoms with Crippen LogP contribution >= 0.6 is 24.2 Å². The Morgan fingerprint density at radius 2 is 2.10 bits per heavy atom. The predicted molar refractivity (Wildman–Crippen MR) is 87.6 cm³/mol. The Hall–Kier alpha value is -1.11. The van der Waals surface area contributed by atoms with Crippen molar-refractivity contribution in [3.8, 4) is 11.5 Å². The van der Waals surface area contributed by atoms with Crippen LogP contribution in [-0.4, -0.2) is 37.8 Å². The first-order valence-electron chi connectivity index (χ1n) is 6.49. The number of nitrogens with one attached hydrogen (secondary N) is 2. The van der Waals surface area contributed by atoms with E-state index in [1.54, 1.807) is 26.0 Å². The maximum Gasteiger partial charge on any atom is 0.238 e. The highest BCUT2D eigenvalue weighted by Crippen LogP contribution is 2.29. The van der Waals surface area contributed by atoms with E-state index in [0.29, 0.717) is 11.5 Å². The van der Waals surface area contributed by atoms with Gasteiger partial charge in [0.25, 0.3) is 0 Å². The van der Waals surface area contributed by atoms with Crippen molar-refractivity contribution in [3.63, 3.8) is 0 Å². The quantitative estimate of drug-likeness (QED) is 0.863. The molecule has 1 aromatic carbocycles. The molecule has 1 aromatic rings. The minimum atomic E-state index is -0.0948. The number of thioether (sulfide) groups is 1. The summed E-state index contributed by atoms with van der Waals surface area (Å²) >= 11 is 1.74. The van der Waals surface area contributed by atoms with Gasteiger partial charge < -0.3 is 14.8 Å². The number of methoxy groups -OCH3 is 2. The van der Waals surface area contributed by atoms with Crippen molar-refractivity contribution >= 4 is 30.1 Å². The standard InChI is InChI=1S/C14H20N2O3S.ClH/c1-9(16-14(17)11-7-20-8-15-11)10-4-5-12(18-2)13(6-10)19-3;/h4-6,9,11,15H,7-8H2,1-3H3,(H,16,17);1H. The fourth-order valence-corrected chi connectivity index (χ4v) is 3.02. The first kappa shape index (κ1) is 17.9. The SMILES string of the molecule is COc1ccc(C(C)NC(=O)C2CSCN2)cc1OC.Cl. The number of benzene rings is 1. The topological polar surface area (TPSA) is 59.6 Å². The molecule has 2 unspecified atom stereocenters. The second kappa shape index (κ2) is 8.36. The van der Waals surface area contributed by atoms with Crippen LogP contribution in [0.2, 0.25) is 0 Å². The Morgan fingerprint density at radius 1 is 1.38 bits per heavy atom. The van der Waals surface area contributed by atoms with E-state index in [1.165, 1.54) is 0 Å². The summed E-state index contributed by atoms with van der Waals surface area (Å²) in [5.41, 5.74) is 0.988. The smallest absolute Gasteiger partial charge is 0.238 e. The summed E-state index contributed by atoms with van der Waals surface area (Å²) < 4.78 is 10.5. The Kier molecular flexibility index (Phi) is 7.14. The fraction of sp³-hybridized carbons (Fsp3) is 0.500. The molecule has 0 aliphatic carbocycles. The molecule has 0 spiro atoms. The molecular formula is C14H21ClN2O3S. The molecule has 2 atom stereocenters. The number of carbonyl (C=O) groups excluding carboxylic acids is 1. The lowest BCUT2D eigenvalue weighted by atomic mass is 10.1. The average Bonchev–Trinajstić information content (AvgIpc) is 3.00. The van der Waals surface area contributed by atoms with Gasteiger partial charge in [-0.2, -0.15) is 0 Å². The van der Waals surface area contributed by atoms with Gasteiger partial charge in [0, 0.05) is 11.6 Å². The van der Waals surface area contributed by atoms with Crippen molar-refractivity contribution in [2.75, 3.05) is 25.8 Å². The minimum Gasteiger partial charge on any atom is -0.493 e. The number of hydrogen-bond acceptors (Lipinski definition) is 5. The molecule has 0 radical (unpaired) electrons. The van der Waals surface area contributed by atoms with Crippen molar-refractivity contribution in [2.45, 2.75) is 19.0 Å². The normalized spacial score (nSPS) is 18.5. The van der Waals surface area contributed by atoms with Crippen LogP contribution < -0.4 is 20.1 Å². The summed E-state index contributed by atoms with van der Waals surface area (Å²) in [6.45, 7) is 1.96. The van der Waals surface area contributed by atoms with E-state index in [-0.39, 0.29) is 30.4 Å². The van der Waals surface area contributed by atoms with Gasteiger partial charge in [0.1, 0.15) is 0 Å². The third-order valence-electron chi connectivity index (χ3n) is 3.30. The van der Waals surface area contributed by atoms with Crippen molar-refractivity contribution in [1.82, 2.24) is 10.6 Å². The van der Waals surface area contributed by atoms with Gasteiger partial charge in [-0.15, -0.1) is 24.2 Å². The Morgan fingerprint density at radius 3 is 2.67 bits per heavy atom. The zero-order valence-electron chi connectivity index (χ0n) is 12.3. The summed E-state index contributed by atoms with van der Waals surface area (Å²) in [4.78, 5) is 12.1. The molecule has 118 valence electrons. The highest BCUT2D eigenvalue weighted by Gasteiger charge is 2.24. The van der Waals surface area contributed by atoms with E-state index in [2.05, 4.69) is 10.6 Å². The van der Waals surface area contributed by atoms with Gasteiger partial charge in [0.2, 0.25) is 5.91 Å². The molecule has 0 saturated carbocycles. The van der Waals surface area contributed by atoms with Crippen molar-refractivity contribution in [2.24, 2.45) is 0 Å². The van der Waals surface area contributed by atoms with Crippen LogP contribution in [0.5, 0.6) is 11.5 Å². The van der Waals surface area contributed by atoms with Crippen LogP contribution in [0, 0.1) is 0 Å². The lowest BCUT2D eigenvalue weighted by Gasteiger charge is -2.18. The van der Waals surface area contributed by atoms with Crippen molar-refractivity contribution < 1.29 is 14.3 Å². The van der Waals surface area contributed by atoms with Crippen LogP contribution in [-0.2, 0) is 4.79 Å². The van der Waals surface area contributed by atoms with Gasteiger partial charge in [-0.3, -0.25) is 10.1 Å². The van der Waals surface area contributed by atoms with E-state index in [0.717, 1.165) is 17.2 Å². The number of ether oxygens (including phenoxy) is 2. The molecule has 5 nitrogen and oxygen atoms in total. The second-order valence-corrected chi connectivity index (χ2v) is 5.65. The largest absolute Gasteiger partial charge is 0.493 e. The summed E-state index contributed by atoms with van der Waals surface area (Å²) in [5, 5.41) is 6.18. The molecule has 21 heavy (non-hydrogen) atoms. The van der Waals surface area contributed by atoms with Crippen LogP contribution in [0.1, 0.15) is 18.5 Å². The Balaban J connectivity index is 0.00000220. The molecule has 1 aliphatic heterocycles. The molecule has 1 heterocycles. The van der Waals surface area contributed by atoms with Crippen LogP contribution in [0.3, 0.4) is 0 Å². The zero-order valence-corrected chi connectivity index (χ0v) is 14.0. The Bertz CT molecular complexity index is 481. The molecule has 1 fully saturated rings. The summed E-state index contributed by atoms with van der Waals surface area (Å²) in [7, 11) is 3.21. The lowest BCUT2D eigenvalue weighted by Crippen LogP contribution is -2.42. The molecule has 0 bridgehead atoms. The molecular weight excluding hydrogens is 312 g/mol. The molecule has 1 amide bonds. The van der Waals surface area contributed by atoms with E-state index >= 15 is 0 Å². The lowest BCUT2D eigenvalue weighted by molar-refractivity contribution is -0.123. The van der Waals surface area contributed by atoms with Gasteiger partial charge >= 0.3 is 0 Å². The van der Waals surface area contributed by atoms with Crippen LogP contribution in [0.25, 0.3) is 0 Å². The number of halogens is 1. The van der Waals surface area contributed by atoms with Crippen molar-refractivity contribution in [1.29, 1.82) is 0 Å². The Labute approximate surface area is 135 Å². The average molecular weight is 333 g/mol. The third kappa shape index (κ3) is 4.43. The number of rotatable bonds is 5. The fourth-order valence-electron chi connectivity index (χ4n) is 2.08. The van der Waals surface area contributed by atoms with Gasteiger partial charge in [0.15, 0.2) is 11.5 Å². The molecule has 1 aliphatic rings. The number of carbonyl (C=O) groups is 1. The summed E-state index contributed by atoms with van der Waals surface area (Å²) in [5.74, 6) is 3.05. The zero-order chi connectivity index (χ0) is 14.5. The maximum atomic E-state index is 12.1. The molecule has 0 aromatic heterocycles. The summed E-state index contributed by atoms with van der Waals surface area (Å²) in [6, 6.07) is 5.50. The van der Waals surface area contributed by atoms with E-state index < -0.39 is 0 Å². The number of hydrogen-bond donors (Lipinski definition) is 2. The highest BCUT2D eigenvalue weighted by molar-refractivity contribution is 7.99. The van der Waals surface area contributed by atoms with E-state index in [1.807, 2.05) is 25.1 Å². The first-order valence-corrected chi connectivity index (χ1v) is 7.64. The first-order chi connectivity index (χ1) is 9.65. The van der Waals surface area contributed by atoms with Gasteiger partial charge in [0.05, 0.1) is 26.3 Å². The second-order valence-electron chi connectivity index (χ2n) is 4.62. The van der Waals surface area contributed by atoms with Crippen LogP contribution in [0.15, 0.2) is 18.2 Å². The molecule has 1 saturated heterocycles. The van der Waals surface area contributed by atoms with Gasteiger partial charge in [-0.25, -0.2) is 0 Å². The molecule has 2 rings (SSSR count). The highest BCUT2D eigenvalue weighted by atomic mass is 35.5. The monoisotopic (exact) mass is 332 g/mol.